The van der Waals surface area contributed by atoms with Crippen LogP contribution in [0.1, 0.15) is 58.2 Å². The van der Waals surface area contributed by atoms with Crippen molar-refractivity contribution in [3.05, 3.63) is 97.2 Å². The molecule has 1 aromatic heterocycles. The van der Waals surface area contributed by atoms with Crippen LogP contribution in [-0.4, -0.2) is 45.7 Å². The lowest BCUT2D eigenvalue weighted by Gasteiger charge is -2.38. The van der Waals surface area contributed by atoms with Crippen molar-refractivity contribution in [2.75, 3.05) is 13.1 Å². The predicted molar refractivity (Wildman–Crippen MR) is 137 cm³/mol. The highest BCUT2D eigenvalue weighted by atomic mass is 32.1. The van der Waals surface area contributed by atoms with Crippen LogP contribution in [0.25, 0.3) is 0 Å². The van der Waals surface area contributed by atoms with Crippen molar-refractivity contribution in [1.29, 1.82) is 0 Å². The van der Waals surface area contributed by atoms with Crippen molar-refractivity contribution in [2.45, 2.75) is 45.7 Å². The van der Waals surface area contributed by atoms with Crippen LogP contribution in [0.3, 0.4) is 0 Å². The minimum Gasteiger partial charge on any atom is -0.330 e. The van der Waals surface area contributed by atoms with Crippen molar-refractivity contribution in [3.63, 3.8) is 0 Å². The third-order valence-corrected chi connectivity index (χ3v) is 7.67. The summed E-state index contributed by atoms with van der Waals surface area (Å²) in [4.78, 5) is 42.6. The smallest absolute Gasteiger partial charge is 0.270 e. The van der Waals surface area contributed by atoms with E-state index in [1.165, 1.54) is 28.0 Å². The standard InChI is InChI=1S/C27H29N3O4S/c1-4-19(3)29(27(32)21-6-5-7-22(16-21)30(33)34)17-25(31)28-14-12-24-23(13-15-35-24)26(28)20-10-8-18(2)9-11-20/h5-11,13,15-16,19,26H,4,12,14,17H2,1-3H3. The predicted octanol–water partition coefficient (Wildman–Crippen LogP) is 5.38. The number of carbonyl (C=O) groups excluding carboxylic acids is 2. The quantitative estimate of drug-likeness (QED) is 0.328. The number of nitrogens with zero attached hydrogens (tertiary/aromatic N) is 3. The Morgan fingerprint density at radius 2 is 1.94 bits per heavy atom. The molecule has 35 heavy (non-hydrogen) atoms. The van der Waals surface area contributed by atoms with E-state index in [4.69, 9.17) is 0 Å². The monoisotopic (exact) mass is 491 g/mol. The van der Waals surface area contributed by atoms with E-state index in [-0.39, 0.29) is 41.7 Å². The highest BCUT2D eigenvalue weighted by Gasteiger charge is 2.35. The molecule has 0 saturated heterocycles. The van der Waals surface area contributed by atoms with Gasteiger partial charge in [0.2, 0.25) is 5.91 Å². The van der Waals surface area contributed by atoms with Crippen molar-refractivity contribution in [3.8, 4) is 0 Å². The van der Waals surface area contributed by atoms with Crippen LogP contribution < -0.4 is 0 Å². The molecular formula is C27H29N3O4S. The summed E-state index contributed by atoms with van der Waals surface area (Å²) in [6.45, 7) is 6.37. The number of nitro benzene ring substituents is 1. The Bertz CT molecular complexity index is 1240. The third-order valence-electron chi connectivity index (χ3n) is 6.67. The second-order valence-electron chi connectivity index (χ2n) is 8.95. The fraction of sp³-hybridized carbons (Fsp3) is 0.333. The molecule has 1 aliphatic heterocycles. The van der Waals surface area contributed by atoms with Crippen LogP contribution in [0.15, 0.2) is 60.0 Å². The Kier molecular flexibility index (Phi) is 7.31. The zero-order valence-electron chi connectivity index (χ0n) is 20.1. The summed E-state index contributed by atoms with van der Waals surface area (Å²) in [5.74, 6) is -0.511. The molecule has 0 spiro atoms. The Labute approximate surface area is 209 Å². The highest BCUT2D eigenvalue weighted by Crippen LogP contribution is 2.38. The Morgan fingerprint density at radius 1 is 1.20 bits per heavy atom. The zero-order valence-corrected chi connectivity index (χ0v) is 21.0. The summed E-state index contributed by atoms with van der Waals surface area (Å²) in [7, 11) is 0. The van der Waals surface area contributed by atoms with Gasteiger partial charge in [0.25, 0.3) is 11.6 Å². The zero-order chi connectivity index (χ0) is 25.1. The molecule has 1 aliphatic rings. The number of benzene rings is 2. The van der Waals surface area contributed by atoms with Crippen molar-refractivity contribution in [1.82, 2.24) is 9.80 Å². The molecule has 2 aromatic carbocycles. The second-order valence-corrected chi connectivity index (χ2v) is 9.95. The molecule has 182 valence electrons. The maximum absolute atomic E-state index is 13.7. The number of aryl methyl sites for hydroxylation is 1. The Hall–Kier alpha value is -3.52. The van der Waals surface area contributed by atoms with Gasteiger partial charge < -0.3 is 9.80 Å². The van der Waals surface area contributed by atoms with E-state index < -0.39 is 4.92 Å². The summed E-state index contributed by atoms with van der Waals surface area (Å²) in [6.07, 6.45) is 1.44. The van der Waals surface area contributed by atoms with Gasteiger partial charge in [0.05, 0.1) is 11.0 Å². The lowest BCUT2D eigenvalue weighted by atomic mass is 9.92. The normalized spacial score (nSPS) is 15.9. The number of amides is 2. The molecule has 7 nitrogen and oxygen atoms in total. The van der Waals surface area contributed by atoms with Gasteiger partial charge in [0.15, 0.2) is 0 Å². The van der Waals surface area contributed by atoms with Gasteiger partial charge in [-0.25, -0.2) is 0 Å². The van der Waals surface area contributed by atoms with Gasteiger partial charge in [-0.2, -0.15) is 0 Å². The molecule has 0 radical (unpaired) electrons. The van der Waals surface area contributed by atoms with Gasteiger partial charge in [0, 0.05) is 35.2 Å². The van der Waals surface area contributed by atoms with Crippen LogP contribution in [0.4, 0.5) is 5.69 Å². The SMILES string of the molecule is CCC(C)N(CC(=O)N1CCc2sccc2C1c1ccc(C)cc1)C(=O)c1cccc([N+](=O)[O-])c1. The van der Waals surface area contributed by atoms with Gasteiger partial charge in [-0.15, -0.1) is 11.3 Å². The molecule has 0 bridgehead atoms. The number of carbonyl (C=O) groups is 2. The van der Waals surface area contributed by atoms with Crippen molar-refractivity contribution >= 4 is 28.8 Å². The van der Waals surface area contributed by atoms with E-state index in [1.807, 2.05) is 25.7 Å². The van der Waals surface area contributed by atoms with Gasteiger partial charge in [0.1, 0.15) is 6.54 Å². The van der Waals surface area contributed by atoms with Crippen LogP contribution in [0.5, 0.6) is 0 Å². The maximum atomic E-state index is 13.7. The Morgan fingerprint density at radius 3 is 2.63 bits per heavy atom. The van der Waals surface area contributed by atoms with E-state index in [1.54, 1.807) is 17.4 Å². The van der Waals surface area contributed by atoms with E-state index >= 15 is 0 Å². The number of hydrogen-bond donors (Lipinski definition) is 0. The number of thiophene rings is 1. The molecule has 4 rings (SSSR count). The lowest BCUT2D eigenvalue weighted by molar-refractivity contribution is -0.384. The van der Waals surface area contributed by atoms with Gasteiger partial charge in [-0.3, -0.25) is 19.7 Å². The van der Waals surface area contributed by atoms with E-state index in [0.717, 1.165) is 23.1 Å². The summed E-state index contributed by atoms with van der Waals surface area (Å²) in [5.41, 5.74) is 3.40. The number of nitro groups is 1. The number of hydrogen-bond acceptors (Lipinski definition) is 5. The first kappa shape index (κ1) is 24.6. The van der Waals surface area contributed by atoms with Gasteiger partial charge in [-0.05, 0) is 55.3 Å². The molecular weight excluding hydrogens is 462 g/mol. The number of non-ortho nitro benzene ring substituents is 1. The molecule has 2 amide bonds. The topological polar surface area (TPSA) is 83.8 Å². The molecule has 0 fully saturated rings. The first-order valence-corrected chi connectivity index (χ1v) is 12.7. The lowest BCUT2D eigenvalue weighted by Crippen LogP contribution is -2.49. The molecule has 2 atom stereocenters. The van der Waals surface area contributed by atoms with Gasteiger partial charge in [-0.1, -0.05) is 42.8 Å². The first-order valence-electron chi connectivity index (χ1n) is 11.8. The molecule has 8 heteroatoms. The van der Waals surface area contributed by atoms with Crippen molar-refractivity contribution in [2.24, 2.45) is 0 Å². The van der Waals surface area contributed by atoms with Crippen molar-refractivity contribution < 1.29 is 14.5 Å². The first-order chi connectivity index (χ1) is 16.8. The van der Waals surface area contributed by atoms with Gasteiger partial charge >= 0.3 is 0 Å². The third kappa shape index (κ3) is 5.12. The molecule has 0 saturated carbocycles. The average Bonchev–Trinajstić information content (AvgIpc) is 3.35. The van der Waals surface area contributed by atoms with Crippen LogP contribution in [0, 0.1) is 17.0 Å². The van der Waals surface area contributed by atoms with E-state index in [9.17, 15) is 19.7 Å². The van der Waals surface area contributed by atoms with Crippen LogP contribution in [-0.2, 0) is 11.2 Å². The second kappa shape index (κ2) is 10.4. The molecule has 2 unspecified atom stereocenters. The molecule has 3 aromatic rings. The average molecular weight is 492 g/mol. The maximum Gasteiger partial charge on any atom is 0.270 e. The molecule has 0 aliphatic carbocycles. The summed E-state index contributed by atoms with van der Waals surface area (Å²) in [5, 5.41) is 13.3. The summed E-state index contributed by atoms with van der Waals surface area (Å²) < 4.78 is 0. The number of fused-ring (bicyclic) bond motifs is 1. The van der Waals surface area contributed by atoms with E-state index in [2.05, 4.69) is 35.7 Å². The molecule has 0 N–H and O–H groups in total. The highest BCUT2D eigenvalue weighted by molar-refractivity contribution is 7.10. The fourth-order valence-electron chi connectivity index (χ4n) is 4.50. The summed E-state index contributed by atoms with van der Waals surface area (Å²) in [6, 6.07) is 15.6. The minimum atomic E-state index is -0.520. The molecule has 2 heterocycles. The minimum absolute atomic E-state index is 0.0850. The largest absolute Gasteiger partial charge is 0.330 e. The number of rotatable bonds is 7. The van der Waals surface area contributed by atoms with Crippen LogP contribution in [0.2, 0.25) is 0 Å². The van der Waals surface area contributed by atoms with Crippen LogP contribution >= 0.6 is 11.3 Å². The summed E-state index contributed by atoms with van der Waals surface area (Å²) >= 11 is 1.71. The van der Waals surface area contributed by atoms with E-state index in [0.29, 0.717) is 13.0 Å². The fourth-order valence-corrected chi connectivity index (χ4v) is 5.40. The Balaban J connectivity index is 1.64.